The lowest BCUT2D eigenvalue weighted by atomic mass is 9.91. The molecule has 0 bridgehead atoms. The molecule has 2 aliphatic rings. The van der Waals surface area contributed by atoms with Gasteiger partial charge in [-0.3, -0.25) is 14.3 Å². The van der Waals surface area contributed by atoms with E-state index >= 15 is 4.39 Å². The van der Waals surface area contributed by atoms with E-state index in [2.05, 4.69) is 48.5 Å². The third kappa shape index (κ3) is 3.58. The average Bonchev–Trinajstić information content (AvgIpc) is 3.42. The minimum atomic E-state index is -0.310. The lowest BCUT2D eigenvalue weighted by molar-refractivity contribution is 0.174. The lowest BCUT2D eigenvalue weighted by Gasteiger charge is -2.17. The van der Waals surface area contributed by atoms with Crippen LogP contribution in [0.15, 0.2) is 73.3 Å². The van der Waals surface area contributed by atoms with Crippen LogP contribution in [-0.4, -0.2) is 48.6 Å². The summed E-state index contributed by atoms with van der Waals surface area (Å²) in [7, 11) is 0. The van der Waals surface area contributed by atoms with Crippen molar-refractivity contribution in [2.75, 3.05) is 13.1 Å². The van der Waals surface area contributed by atoms with Gasteiger partial charge in [0.05, 0.1) is 23.5 Å². The molecule has 6 nitrogen and oxygen atoms in total. The van der Waals surface area contributed by atoms with E-state index in [0.717, 1.165) is 53.5 Å². The first-order valence-electron chi connectivity index (χ1n) is 12.5. The maximum atomic E-state index is 15.0. The number of hydrogen-bond donors (Lipinski definition) is 1. The van der Waals surface area contributed by atoms with Crippen LogP contribution < -0.4 is 0 Å². The zero-order chi connectivity index (χ0) is 24.3. The van der Waals surface area contributed by atoms with Gasteiger partial charge in [0.15, 0.2) is 0 Å². The molecule has 1 unspecified atom stereocenters. The SMILES string of the molecule is OC1CCN(Cc2ccc(-c3cnc4ncc(C5(c6ccc7ncccc7c6)CC5)n4c3)cc2F)C1. The van der Waals surface area contributed by atoms with Gasteiger partial charge in [0, 0.05) is 60.2 Å². The summed E-state index contributed by atoms with van der Waals surface area (Å²) < 4.78 is 17.1. The van der Waals surface area contributed by atoms with Gasteiger partial charge in [-0.05, 0) is 54.7 Å². The number of rotatable bonds is 5. The number of aliphatic hydroxyl groups excluding tert-OH is 1. The van der Waals surface area contributed by atoms with Crippen LogP contribution in [0.5, 0.6) is 0 Å². The summed E-state index contributed by atoms with van der Waals surface area (Å²) in [5.41, 5.74) is 5.55. The van der Waals surface area contributed by atoms with Crippen molar-refractivity contribution >= 4 is 16.7 Å². The van der Waals surface area contributed by atoms with Crippen LogP contribution in [0.4, 0.5) is 4.39 Å². The molecule has 180 valence electrons. The number of fused-ring (bicyclic) bond motifs is 2. The number of aromatic nitrogens is 4. The van der Waals surface area contributed by atoms with E-state index < -0.39 is 0 Å². The molecule has 3 aromatic heterocycles. The predicted molar refractivity (Wildman–Crippen MR) is 136 cm³/mol. The van der Waals surface area contributed by atoms with Gasteiger partial charge in [-0.15, -0.1) is 0 Å². The Bertz CT molecular complexity index is 1610. The van der Waals surface area contributed by atoms with Crippen LogP contribution in [0, 0.1) is 5.82 Å². The van der Waals surface area contributed by atoms with E-state index in [1.165, 1.54) is 5.56 Å². The molecule has 2 fully saturated rings. The molecule has 4 heterocycles. The second-order valence-corrected chi connectivity index (χ2v) is 10.1. The number of imidazole rings is 1. The summed E-state index contributed by atoms with van der Waals surface area (Å²) in [6.45, 7) is 1.90. The quantitative estimate of drug-likeness (QED) is 0.395. The molecule has 0 amide bonds. The first-order chi connectivity index (χ1) is 17.6. The Labute approximate surface area is 208 Å². The normalized spacial score (nSPS) is 19.3. The summed E-state index contributed by atoms with van der Waals surface area (Å²) >= 11 is 0. The molecule has 7 rings (SSSR count). The summed E-state index contributed by atoms with van der Waals surface area (Å²) in [6, 6.07) is 15.9. The molecular weight excluding hydrogens is 453 g/mol. The van der Waals surface area contributed by atoms with Gasteiger partial charge in [-0.25, -0.2) is 14.4 Å². The summed E-state index contributed by atoms with van der Waals surface area (Å²) in [4.78, 5) is 15.7. The third-order valence-electron chi connectivity index (χ3n) is 7.79. The van der Waals surface area contributed by atoms with Crippen LogP contribution in [-0.2, 0) is 12.0 Å². The van der Waals surface area contributed by atoms with Crippen molar-refractivity contribution in [3.05, 3.63) is 96.0 Å². The average molecular weight is 480 g/mol. The van der Waals surface area contributed by atoms with Crippen molar-refractivity contribution in [3.8, 4) is 11.1 Å². The van der Waals surface area contributed by atoms with Gasteiger partial charge in [-0.1, -0.05) is 24.3 Å². The van der Waals surface area contributed by atoms with Crippen LogP contribution in [0.3, 0.4) is 0 Å². The molecule has 1 aliphatic carbocycles. The van der Waals surface area contributed by atoms with Crippen molar-refractivity contribution in [1.29, 1.82) is 0 Å². The molecule has 1 atom stereocenters. The third-order valence-corrected chi connectivity index (χ3v) is 7.79. The largest absolute Gasteiger partial charge is 0.392 e. The van der Waals surface area contributed by atoms with E-state index in [9.17, 15) is 5.11 Å². The predicted octanol–water partition coefficient (Wildman–Crippen LogP) is 4.73. The fourth-order valence-electron chi connectivity index (χ4n) is 5.62. The number of nitrogens with zero attached hydrogens (tertiary/aromatic N) is 5. The van der Waals surface area contributed by atoms with E-state index in [-0.39, 0.29) is 17.3 Å². The van der Waals surface area contributed by atoms with Crippen LogP contribution >= 0.6 is 0 Å². The van der Waals surface area contributed by atoms with Crippen LogP contribution in [0.1, 0.15) is 36.1 Å². The molecule has 36 heavy (non-hydrogen) atoms. The highest BCUT2D eigenvalue weighted by Crippen LogP contribution is 2.53. The number of hydrogen-bond acceptors (Lipinski definition) is 5. The summed E-state index contributed by atoms with van der Waals surface area (Å²) in [5.74, 6) is 0.412. The lowest BCUT2D eigenvalue weighted by Crippen LogP contribution is -2.22. The molecule has 7 heteroatoms. The molecule has 2 aromatic carbocycles. The number of likely N-dealkylation sites (tertiary alicyclic amines) is 1. The van der Waals surface area contributed by atoms with Crippen molar-refractivity contribution < 1.29 is 9.50 Å². The highest BCUT2D eigenvalue weighted by atomic mass is 19.1. The van der Waals surface area contributed by atoms with E-state index in [1.807, 2.05) is 36.8 Å². The maximum Gasteiger partial charge on any atom is 0.233 e. The van der Waals surface area contributed by atoms with E-state index in [0.29, 0.717) is 24.4 Å². The topological polar surface area (TPSA) is 66.5 Å². The minimum absolute atomic E-state index is 0.0981. The Hall–Kier alpha value is -3.68. The number of halogens is 1. The Kier molecular flexibility index (Phi) is 4.91. The number of pyridine rings is 1. The fourth-order valence-corrected chi connectivity index (χ4v) is 5.62. The smallest absolute Gasteiger partial charge is 0.233 e. The van der Waals surface area contributed by atoms with Crippen molar-refractivity contribution in [2.45, 2.75) is 37.3 Å². The van der Waals surface area contributed by atoms with E-state index in [1.54, 1.807) is 12.3 Å². The molecular formula is C29H26FN5O. The van der Waals surface area contributed by atoms with E-state index in [4.69, 9.17) is 0 Å². The Morgan fingerprint density at radius 1 is 1.00 bits per heavy atom. The van der Waals surface area contributed by atoms with Crippen molar-refractivity contribution in [1.82, 2.24) is 24.3 Å². The van der Waals surface area contributed by atoms with Gasteiger partial charge in [0.2, 0.25) is 5.78 Å². The molecule has 0 radical (unpaired) electrons. The first kappa shape index (κ1) is 21.6. The first-order valence-corrected chi connectivity index (χ1v) is 12.5. The molecule has 1 saturated carbocycles. The Morgan fingerprint density at radius 2 is 1.89 bits per heavy atom. The number of benzene rings is 2. The highest BCUT2D eigenvalue weighted by molar-refractivity contribution is 5.79. The van der Waals surface area contributed by atoms with Crippen molar-refractivity contribution in [3.63, 3.8) is 0 Å². The number of β-amino-alcohol motifs (C(OH)–C–C–N with tert-alkyl or cyclic N) is 1. The van der Waals surface area contributed by atoms with Crippen LogP contribution in [0.2, 0.25) is 0 Å². The van der Waals surface area contributed by atoms with Crippen molar-refractivity contribution in [2.24, 2.45) is 0 Å². The second kappa shape index (κ2) is 8.18. The monoisotopic (exact) mass is 479 g/mol. The standard InChI is InChI=1S/C29H26FN5O/c30-25-13-19(3-4-21(25)16-34-11-7-24(36)18-34)22-14-32-28-33-15-27(35(28)17-22)29(8-9-29)23-5-6-26-20(12-23)2-1-10-31-26/h1-6,10,12-15,17,24,36H,7-9,11,16,18H2. The minimum Gasteiger partial charge on any atom is -0.392 e. The van der Waals surface area contributed by atoms with Gasteiger partial charge >= 0.3 is 0 Å². The molecule has 1 aliphatic heterocycles. The van der Waals surface area contributed by atoms with Gasteiger partial charge in [-0.2, -0.15) is 0 Å². The molecule has 1 N–H and O–H groups in total. The van der Waals surface area contributed by atoms with Gasteiger partial charge in [0.1, 0.15) is 5.82 Å². The Morgan fingerprint density at radius 3 is 2.69 bits per heavy atom. The summed E-state index contributed by atoms with van der Waals surface area (Å²) in [5, 5.41) is 10.9. The maximum absolute atomic E-state index is 15.0. The van der Waals surface area contributed by atoms with Gasteiger partial charge < -0.3 is 5.11 Å². The molecule has 0 spiro atoms. The number of aliphatic hydroxyl groups is 1. The molecule has 5 aromatic rings. The van der Waals surface area contributed by atoms with Gasteiger partial charge in [0.25, 0.3) is 0 Å². The summed E-state index contributed by atoms with van der Waals surface area (Å²) in [6.07, 6.45) is 10.1. The zero-order valence-corrected chi connectivity index (χ0v) is 19.8. The fraction of sp³-hybridized carbons (Fsp3) is 0.276. The highest BCUT2D eigenvalue weighted by Gasteiger charge is 2.48. The molecule has 1 saturated heterocycles. The second-order valence-electron chi connectivity index (χ2n) is 10.1. The Balaban J connectivity index is 1.23. The van der Waals surface area contributed by atoms with Crippen LogP contribution in [0.25, 0.3) is 27.8 Å². The zero-order valence-electron chi connectivity index (χ0n) is 19.8.